The first-order chi connectivity index (χ1) is 6.43. The van der Waals surface area contributed by atoms with Crippen LogP contribution < -0.4 is 0 Å². The largest absolute Gasteiger partial charge is 0.305 e. The number of nitro groups is 1. The van der Waals surface area contributed by atoms with E-state index in [1.807, 2.05) is 0 Å². The van der Waals surface area contributed by atoms with Gasteiger partial charge in [-0.05, 0) is 33.6 Å². The Balaban J connectivity index is 3.42. The van der Waals surface area contributed by atoms with Gasteiger partial charge in [-0.1, -0.05) is 0 Å². The molecule has 1 rings (SSSR count). The van der Waals surface area contributed by atoms with Crippen LogP contribution >= 0.6 is 27.5 Å². The summed E-state index contributed by atoms with van der Waals surface area (Å²) in [7, 11) is 0. The number of hydrogen-bond acceptors (Lipinski definition) is 3. The second-order valence-electron chi connectivity index (χ2n) is 2.31. The van der Waals surface area contributed by atoms with E-state index in [2.05, 4.69) is 15.9 Å². The summed E-state index contributed by atoms with van der Waals surface area (Å²) in [5.41, 5.74) is -0.919. The Kier molecular flexibility index (Phi) is 3.17. The molecule has 0 spiro atoms. The monoisotopic (exact) mass is 281 g/mol. The minimum atomic E-state index is -1.02. The van der Waals surface area contributed by atoms with E-state index in [0.29, 0.717) is 0 Å². The molecule has 74 valence electrons. The molecule has 7 heteroatoms. The number of carbonyl (C=O) groups excluding carboxylic acids is 1. The van der Waals surface area contributed by atoms with Crippen molar-refractivity contribution in [3.8, 4) is 0 Å². The average molecular weight is 282 g/mol. The number of nitrogens with zero attached hydrogens (tertiary/aromatic N) is 1. The van der Waals surface area contributed by atoms with E-state index < -0.39 is 21.7 Å². The zero-order valence-electron chi connectivity index (χ0n) is 6.46. The summed E-state index contributed by atoms with van der Waals surface area (Å²) in [6, 6.07) is 1.61. The quantitative estimate of drug-likeness (QED) is 0.476. The topological polar surface area (TPSA) is 60.2 Å². The van der Waals surface area contributed by atoms with Gasteiger partial charge in [0, 0.05) is 10.5 Å². The first-order valence-corrected chi connectivity index (χ1v) is 4.44. The minimum absolute atomic E-state index is 0.0839. The van der Waals surface area contributed by atoms with Gasteiger partial charge in [-0.25, -0.2) is 0 Å². The molecule has 0 radical (unpaired) electrons. The Bertz CT molecular complexity index is 388. The van der Waals surface area contributed by atoms with E-state index in [-0.39, 0.29) is 10.0 Å². The van der Waals surface area contributed by atoms with Crippen LogP contribution in [0.1, 0.15) is 10.4 Å². The highest BCUT2D eigenvalue weighted by atomic mass is 79.9. The Morgan fingerprint density at radius 2 is 2.14 bits per heavy atom. The standard InChI is InChI=1S/C7H2BrClFNO3/c8-4-2-5(10)6(11(13)14)1-3(4)7(9)12/h1-2H. The zero-order valence-corrected chi connectivity index (χ0v) is 8.80. The summed E-state index contributed by atoms with van der Waals surface area (Å²) < 4.78 is 13.0. The van der Waals surface area contributed by atoms with Gasteiger partial charge in [0.1, 0.15) is 0 Å². The summed E-state index contributed by atoms with van der Waals surface area (Å²) in [5, 5.41) is 9.41. The number of benzene rings is 1. The molecule has 0 aliphatic heterocycles. The predicted molar refractivity (Wildman–Crippen MR) is 50.9 cm³/mol. The smallest absolute Gasteiger partial charge is 0.276 e. The number of hydrogen-bond donors (Lipinski definition) is 0. The predicted octanol–water partition coefficient (Wildman–Crippen LogP) is 2.88. The van der Waals surface area contributed by atoms with Crippen LogP contribution in [0.2, 0.25) is 0 Å². The fourth-order valence-electron chi connectivity index (χ4n) is 0.828. The van der Waals surface area contributed by atoms with Crippen LogP contribution in [-0.2, 0) is 0 Å². The van der Waals surface area contributed by atoms with Crippen molar-refractivity contribution in [3.63, 3.8) is 0 Å². The lowest BCUT2D eigenvalue weighted by atomic mass is 10.2. The Labute approximate surface area is 90.9 Å². The summed E-state index contributed by atoms with van der Waals surface area (Å²) in [6.45, 7) is 0. The molecule has 0 bridgehead atoms. The first-order valence-electron chi connectivity index (χ1n) is 3.26. The van der Waals surface area contributed by atoms with Crippen molar-refractivity contribution >= 4 is 38.5 Å². The van der Waals surface area contributed by atoms with Crippen molar-refractivity contribution in [2.24, 2.45) is 0 Å². The van der Waals surface area contributed by atoms with Crippen LogP contribution in [0.25, 0.3) is 0 Å². The van der Waals surface area contributed by atoms with Crippen molar-refractivity contribution in [1.29, 1.82) is 0 Å². The van der Waals surface area contributed by atoms with Gasteiger partial charge in [0.05, 0.1) is 10.5 Å². The summed E-state index contributed by atoms with van der Waals surface area (Å²) >= 11 is 7.99. The number of carbonyl (C=O) groups is 1. The summed E-state index contributed by atoms with van der Waals surface area (Å²) in [4.78, 5) is 20.1. The van der Waals surface area contributed by atoms with Crippen LogP contribution in [0.4, 0.5) is 10.1 Å². The van der Waals surface area contributed by atoms with Gasteiger partial charge in [-0.15, -0.1) is 0 Å². The molecule has 14 heavy (non-hydrogen) atoms. The maximum Gasteiger partial charge on any atom is 0.305 e. The SMILES string of the molecule is O=C(Cl)c1cc([N+](=O)[O-])c(F)cc1Br. The van der Waals surface area contributed by atoms with Crippen LogP contribution in [0.15, 0.2) is 16.6 Å². The maximum absolute atomic E-state index is 12.9. The lowest BCUT2D eigenvalue weighted by molar-refractivity contribution is -0.387. The fourth-order valence-corrected chi connectivity index (χ4v) is 1.59. The molecule has 0 saturated heterocycles. The number of halogens is 3. The molecule has 1 aromatic rings. The molecule has 0 aromatic heterocycles. The van der Waals surface area contributed by atoms with Crippen molar-refractivity contribution in [2.75, 3.05) is 0 Å². The normalized spacial score (nSPS) is 9.93. The molecule has 0 saturated carbocycles. The Hall–Kier alpha value is -1.01. The molecule has 1 aromatic carbocycles. The van der Waals surface area contributed by atoms with Crippen LogP contribution in [-0.4, -0.2) is 10.2 Å². The highest BCUT2D eigenvalue weighted by molar-refractivity contribution is 9.10. The first kappa shape index (κ1) is 11.1. The van der Waals surface area contributed by atoms with Gasteiger partial charge >= 0.3 is 5.69 Å². The average Bonchev–Trinajstić information content (AvgIpc) is 2.02. The third-order valence-electron chi connectivity index (χ3n) is 1.44. The number of rotatable bonds is 2. The van der Waals surface area contributed by atoms with Gasteiger partial charge in [-0.2, -0.15) is 4.39 Å². The molecule has 0 aliphatic rings. The van der Waals surface area contributed by atoms with Crippen LogP contribution in [0.5, 0.6) is 0 Å². The molecular weight excluding hydrogens is 280 g/mol. The molecule has 0 fully saturated rings. The summed E-state index contributed by atoms with van der Waals surface area (Å²) in [6.07, 6.45) is 0. The van der Waals surface area contributed by atoms with Crippen molar-refractivity contribution < 1.29 is 14.1 Å². The Morgan fingerprint density at radius 1 is 1.57 bits per heavy atom. The second-order valence-corrected chi connectivity index (χ2v) is 3.51. The third-order valence-corrected chi connectivity index (χ3v) is 2.30. The van der Waals surface area contributed by atoms with Crippen LogP contribution in [0.3, 0.4) is 0 Å². The highest BCUT2D eigenvalue weighted by Crippen LogP contribution is 2.27. The van der Waals surface area contributed by atoms with Crippen molar-refractivity contribution in [2.45, 2.75) is 0 Å². The molecule has 4 nitrogen and oxygen atoms in total. The van der Waals surface area contributed by atoms with E-state index in [4.69, 9.17) is 11.6 Å². The lowest BCUT2D eigenvalue weighted by Crippen LogP contribution is -1.98. The van der Waals surface area contributed by atoms with Gasteiger partial charge in [0.15, 0.2) is 0 Å². The van der Waals surface area contributed by atoms with Gasteiger partial charge in [0.2, 0.25) is 5.82 Å². The highest BCUT2D eigenvalue weighted by Gasteiger charge is 2.19. The van der Waals surface area contributed by atoms with E-state index in [1.165, 1.54) is 0 Å². The molecule has 0 amide bonds. The van der Waals surface area contributed by atoms with E-state index in [0.717, 1.165) is 12.1 Å². The van der Waals surface area contributed by atoms with Crippen LogP contribution in [0, 0.1) is 15.9 Å². The molecular formula is C7H2BrClFNO3. The molecule has 0 aliphatic carbocycles. The Morgan fingerprint density at radius 3 is 2.57 bits per heavy atom. The van der Waals surface area contributed by atoms with Crippen molar-refractivity contribution in [3.05, 3.63) is 38.1 Å². The number of nitro benzene ring substituents is 1. The molecule has 0 atom stereocenters. The maximum atomic E-state index is 12.9. The minimum Gasteiger partial charge on any atom is -0.276 e. The van der Waals surface area contributed by atoms with Gasteiger partial charge in [0.25, 0.3) is 5.24 Å². The van der Waals surface area contributed by atoms with E-state index >= 15 is 0 Å². The third kappa shape index (κ3) is 2.08. The fraction of sp³-hybridized carbons (Fsp3) is 0. The van der Waals surface area contributed by atoms with Crippen molar-refractivity contribution in [1.82, 2.24) is 0 Å². The molecule has 0 N–H and O–H groups in total. The second kappa shape index (κ2) is 4.02. The molecule has 0 heterocycles. The zero-order chi connectivity index (χ0) is 10.9. The van der Waals surface area contributed by atoms with E-state index in [9.17, 15) is 19.3 Å². The van der Waals surface area contributed by atoms with E-state index in [1.54, 1.807) is 0 Å². The van der Waals surface area contributed by atoms with Gasteiger partial charge < -0.3 is 0 Å². The lowest BCUT2D eigenvalue weighted by Gasteiger charge is -1.99. The van der Waals surface area contributed by atoms with Gasteiger partial charge in [-0.3, -0.25) is 14.9 Å². The summed E-state index contributed by atoms with van der Waals surface area (Å²) in [5.74, 6) is -1.02. The molecule has 0 unspecified atom stereocenters.